The van der Waals surface area contributed by atoms with Crippen LogP contribution in [0.25, 0.3) is 0 Å². The molecule has 1 rings (SSSR count). The second kappa shape index (κ2) is 9.62. The quantitative estimate of drug-likeness (QED) is 0.521. The summed E-state index contributed by atoms with van der Waals surface area (Å²) in [6.07, 6.45) is 4.57. The first-order valence-electron chi connectivity index (χ1n) is 6.47. The zero-order valence-electron chi connectivity index (χ0n) is 10.7. The van der Waals surface area contributed by atoms with Gasteiger partial charge in [-0.05, 0) is 24.9 Å². The van der Waals surface area contributed by atoms with Crippen LogP contribution in [0.4, 0.5) is 0 Å². The normalized spacial score (nSPS) is 10.3. The molecule has 0 saturated heterocycles. The molecular formula is C14H22N2O2. The average molecular weight is 250 g/mol. The van der Waals surface area contributed by atoms with Crippen LogP contribution in [0.1, 0.15) is 37.7 Å². The van der Waals surface area contributed by atoms with Crippen molar-refractivity contribution in [1.82, 2.24) is 5.48 Å². The SMILES string of the molecule is NCCCCCCC(=O)NOCc1ccccc1. The Morgan fingerprint density at radius 1 is 1.11 bits per heavy atom. The minimum absolute atomic E-state index is 0.0568. The van der Waals surface area contributed by atoms with Gasteiger partial charge >= 0.3 is 0 Å². The van der Waals surface area contributed by atoms with E-state index in [4.69, 9.17) is 10.6 Å². The van der Waals surface area contributed by atoms with Gasteiger partial charge < -0.3 is 5.73 Å². The van der Waals surface area contributed by atoms with Crippen LogP contribution in [0.2, 0.25) is 0 Å². The lowest BCUT2D eigenvalue weighted by Crippen LogP contribution is -2.23. The summed E-state index contributed by atoms with van der Waals surface area (Å²) in [5.41, 5.74) is 8.89. The molecule has 1 aromatic rings. The number of hydrogen-bond acceptors (Lipinski definition) is 3. The summed E-state index contributed by atoms with van der Waals surface area (Å²) in [7, 11) is 0. The van der Waals surface area contributed by atoms with E-state index in [0.717, 1.165) is 37.8 Å². The Labute approximate surface area is 108 Å². The molecule has 18 heavy (non-hydrogen) atoms. The lowest BCUT2D eigenvalue weighted by molar-refractivity contribution is -0.134. The fourth-order valence-corrected chi connectivity index (χ4v) is 1.61. The van der Waals surface area contributed by atoms with Gasteiger partial charge in [0.15, 0.2) is 0 Å². The smallest absolute Gasteiger partial charge is 0.243 e. The number of nitrogens with two attached hydrogens (primary N) is 1. The number of carbonyl (C=O) groups is 1. The number of hydrogen-bond donors (Lipinski definition) is 2. The lowest BCUT2D eigenvalue weighted by atomic mass is 10.1. The van der Waals surface area contributed by atoms with Gasteiger partial charge in [-0.15, -0.1) is 0 Å². The second-order valence-electron chi connectivity index (χ2n) is 4.25. The van der Waals surface area contributed by atoms with Crippen molar-refractivity contribution < 1.29 is 9.63 Å². The summed E-state index contributed by atoms with van der Waals surface area (Å²) in [4.78, 5) is 16.5. The maximum Gasteiger partial charge on any atom is 0.243 e. The Kier molecular flexibility index (Phi) is 7.84. The fourth-order valence-electron chi connectivity index (χ4n) is 1.61. The van der Waals surface area contributed by atoms with Crippen LogP contribution < -0.4 is 11.2 Å². The van der Waals surface area contributed by atoms with Crippen molar-refractivity contribution in [1.29, 1.82) is 0 Å². The standard InChI is InChI=1S/C14H22N2O2/c15-11-7-2-1-6-10-14(17)16-18-12-13-8-4-3-5-9-13/h3-5,8-9H,1-2,6-7,10-12,15H2,(H,16,17). The summed E-state index contributed by atoms with van der Waals surface area (Å²) in [5.74, 6) is -0.0568. The molecule has 1 amide bonds. The van der Waals surface area contributed by atoms with Crippen LogP contribution in [-0.4, -0.2) is 12.5 Å². The Balaban J connectivity index is 2.00. The highest BCUT2D eigenvalue weighted by molar-refractivity contribution is 5.74. The molecule has 100 valence electrons. The Hall–Kier alpha value is -1.39. The number of hydroxylamine groups is 1. The van der Waals surface area contributed by atoms with Crippen molar-refractivity contribution in [3.63, 3.8) is 0 Å². The third-order valence-corrected chi connectivity index (χ3v) is 2.63. The van der Waals surface area contributed by atoms with Crippen LogP contribution >= 0.6 is 0 Å². The van der Waals surface area contributed by atoms with E-state index in [9.17, 15) is 4.79 Å². The molecule has 0 atom stereocenters. The van der Waals surface area contributed by atoms with Crippen LogP contribution in [0.5, 0.6) is 0 Å². The minimum atomic E-state index is -0.0568. The Bertz CT molecular complexity index is 328. The van der Waals surface area contributed by atoms with Crippen LogP contribution in [0.3, 0.4) is 0 Å². The first-order valence-corrected chi connectivity index (χ1v) is 6.47. The van der Waals surface area contributed by atoms with Crippen molar-refractivity contribution >= 4 is 5.91 Å². The van der Waals surface area contributed by atoms with E-state index in [2.05, 4.69) is 5.48 Å². The van der Waals surface area contributed by atoms with Gasteiger partial charge in [-0.25, -0.2) is 5.48 Å². The Morgan fingerprint density at radius 2 is 1.83 bits per heavy atom. The molecule has 4 heteroatoms. The number of nitrogens with one attached hydrogen (secondary N) is 1. The highest BCUT2D eigenvalue weighted by Gasteiger charge is 2.01. The van der Waals surface area contributed by atoms with Gasteiger partial charge in [-0.3, -0.25) is 9.63 Å². The van der Waals surface area contributed by atoms with Crippen molar-refractivity contribution in [2.75, 3.05) is 6.54 Å². The molecular weight excluding hydrogens is 228 g/mol. The molecule has 3 N–H and O–H groups in total. The summed E-state index contributed by atoms with van der Waals surface area (Å²) in [6, 6.07) is 9.75. The van der Waals surface area contributed by atoms with E-state index in [-0.39, 0.29) is 5.91 Å². The van der Waals surface area contributed by atoms with E-state index in [0.29, 0.717) is 13.0 Å². The minimum Gasteiger partial charge on any atom is -0.330 e. The van der Waals surface area contributed by atoms with Gasteiger partial charge in [0.25, 0.3) is 0 Å². The monoisotopic (exact) mass is 250 g/mol. The van der Waals surface area contributed by atoms with Crippen molar-refractivity contribution in [2.24, 2.45) is 5.73 Å². The molecule has 0 bridgehead atoms. The largest absolute Gasteiger partial charge is 0.330 e. The van der Waals surface area contributed by atoms with Crippen molar-refractivity contribution in [3.8, 4) is 0 Å². The summed E-state index contributed by atoms with van der Waals surface area (Å²) in [6.45, 7) is 1.13. The summed E-state index contributed by atoms with van der Waals surface area (Å²) >= 11 is 0. The van der Waals surface area contributed by atoms with Gasteiger partial charge in [0.1, 0.15) is 0 Å². The fraction of sp³-hybridized carbons (Fsp3) is 0.500. The first kappa shape index (κ1) is 14.7. The number of benzene rings is 1. The third-order valence-electron chi connectivity index (χ3n) is 2.63. The summed E-state index contributed by atoms with van der Waals surface area (Å²) < 4.78 is 0. The second-order valence-corrected chi connectivity index (χ2v) is 4.25. The molecule has 0 heterocycles. The molecule has 0 aliphatic carbocycles. The van der Waals surface area contributed by atoms with Gasteiger partial charge in [-0.2, -0.15) is 0 Å². The molecule has 1 aromatic carbocycles. The maximum absolute atomic E-state index is 11.4. The predicted molar refractivity (Wildman–Crippen MR) is 71.5 cm³/mol. The van der Waals surface area contributed by atoms with Gasteiger partial charge in [0.2, 0.25) is 5.91 Å². The molecule has 4 nitrogen and oxygen atoms in total. The zero-order valence-corrected chi connectivity index (χ0v) is 10.7. The number of amides is 1. The molecule has 0 aliphatic rings. The van der Waals surface area contributed by atoms with Crippen molar-refractivity contribution in [3.05, 3.63) is 35.9 Å². The van der Waals surface area contributed by atoms with E-state index >= 15 is 0 Å². The molecule has 0 radical (unpaired) electrons. The third kappa shape index (κ3) is 7.04. The van der Waals surface area contributed by atoms with E-state index < -0.39 is 0 Å². The molecule has 0 unspecified atom stereocenters. The maximum atomic E-state index is 11.4. The van der Waals surface area contributed by atoms with Gasteiger partial charge in [-0.1, -0.05) is 43.2 Å². The van der Waals surface area contributed by atoms with E-state index in [1.54, 1.807) is 0 Å². The summed E-state index contributed by atoms with van der Waals surface area (Å²) in [5, 5.41) is 0. The number of rotatable bonds is 9. The van der Waals surface area contributed by atoms with E-state index in [1.807, 2.05) is 30.3 Å². The first-order chi connectivity index (χ1) is 8.83. The zero-order chi connectivity index (χ0) is 13.1. The lowest BCUT2D eigenvalue weighted by Gasteiger charge is -2.05. The average Bonchev–Trinajstić information content (AvgIpc) is 2.40. The van der Waals surface area contributed by atoms with Crippen LogP contribution in [-0.2, 0) is 16.2 Å². The van der Waals surface area contributed by atoms with Gasteiger partial charge in [0.05, 0.1) is 6.61 Å². The van der Waals surface area contributed by atoms with Crippen molar-refractivity contribution in [2.45, 2.75) is 38.7 Å². The Morgan fingerprint density at radius 3 is 2.56 bits per heavy atom. The molecule has 0 fully saturated rings. The van der Waals surface area contributed by atoms with Gasteiger partial charge in [0, 0.05) is 6.42 Å². The number of carbonyl (C=O) groups excluding carboxylic acids is 1. The predicted octanol–water partition coefficient (Wildman–Crippen LogP) is 2.14. The van der Waals surface area contributed by atoms with Crippen LogP contribution in [0, 0.1) is 0 Å². The van der Waals surface area contributed by atoms with E-state index in [1.165, 1.54) is 0 Å². The molecule has 0 saturated carbocycles. The molecule has 0 spiro atoms. The molecule has 0 aromatic heterocycles. The molecule has 0 aliphatic heterocycles. The van der Waals surface area contributed by atoms with Crippen LogP contribution in [0.15, 0.2) is 30.3 Å². The number of unbranched alkanes of at least 4 members (excludes halogenated alkanes) is 3. The highest BCUT2D eigenvalue weighted by Crippen LogP contribution is 2.02. The topological polar surface area (TPSA) is 64.4 Å². The highest BCUT2D eigenvalue weighted by atomic mass is 16.6.